The van der Waals surface area contributed by atoms with Gasteiger partial charge in [0.05, 0.1) is 5.35 Å². The number of fused-ring (bicyclic) bond motifs is 6. The van der Waals surface area contributed by atoms with Gasteiger partial charge in [0.15, 0.2) is 0 Å². The van der Waals surface area contributed by atoms with Crippen molar-refractivity contribution in [3.8, 4) is 0 Å². The predicted octanol–water partition coefficient (Wildman–Crippen LogP) is 4.01. The first kappa shape index (κ1) is 15.0. The maximum absolute atomic E-state index is 4.45. The molecular weight excluding hydrogens is 316 g/mol. The third kappa shape index (κ3) is 1.99. The molecule has 1 aliphatic heterocycles. The topological polar surface area (TPSA) is 8.17 Å². The van der Waals surface area contributed by atoms with Gasteiger partial charge in [0, 0.05) is 47.7 Å². The van der Waals surface area contributed by atoms with E-state index in [0.717, 1.165) is 5.57 Å². The summed E-state index contributed by atoms with van der Waals surface area (Å²) in [5, 5.41) is 6.19. The van der Waals surface area contributed by atoms with Crippen LogP contribution in [-0.2, 0) is 7.05 Å². The Morgan fingerprint density at radius 3 is 2.38 bits per heavy atom. The zero-order valence-electron chi connectivity index (χ0n) is 15.0. The highest BCUT2D eigenvalue weighted by Gasteiger charge is 2.15. The lowest BCUT2D eigenvalue weighted by molar-refractivity contribution is 0.919. The summed E-state index contributed by atoms with van der Waals surface area (Å²) in [5.74, 6) is 0. The van der Waals surface area contributed by atoms with E-state index in [0.29, 0.717) is 0 Å². The molecule has 0 aliphatic carbocycles. The number of rotatable bonds is 0. The quantitative estimate of drug-likeness (QED) is 0.471. The van der Waals surface area contributed by atoms with Crippen LogP contribution in [0.2, 0.25) is 0 Å². The number of aromatic nitrogens is 1. The summed E-state index contributed by atoms with van der Waals surface area (Å²) in [7, 11) is 4.25. The van der Waals surface area contributed by atoms with E-state index in [-0.39, 0.29) is 0 Å². The monoisotopic (exact) mass is 336 g/mol. The summed E-state index contributed by atoms with van der Waals surface area (Å²) in [5.41, 5.74) is 4.68. The van der Waals surface area contributed by atoms with Crippen molar-refractivity contribution in [3.63, 3.8) is 0 Å². The van der Waals surface area contributed by atoms with Gasteiger partial charge in [-0.15, -0.1) is 0 Å². The van der Waals surface area contributed by atoms with Crippen molar-refractivity contribution in [3.05, 3.63) is 83.4 Å². The van der Waals surface area contributed by atoms with Gasteiger partial charge in [0.25, 0.3) is 0 Å². The van der Waals surface area contributed by atoms with Crippen LogP contribution in [0, 0.1) is 0 Å². The summed E-state index contributed by atoms with van der Waals surface area (Å²) in [6, 6.07) is 21.5. The fourth-order valence-electron chi connectivity index (χ4n) is 4.14. The van der Waals surface area contributed by atoms with Crippen LogP contribution in [-0.4, -0.2) is 11.6 Å². The third-order valence-electron chi connectivity index (χ3n) is 5.44. The lowest BCUT2D eigenvalue weighted by atomic mass is 9.95. The number of allylic oxidation sites excluding steroid dienone is 1. The van der Waals surface area contributed by atoms with Crippen LogP contribution in [0.25, 0.3) is 39.5 Å². The molecule has 2 heterocycles. The van der Waals surface area contributed by atoms with E-state index in [1.807, 2.05) is 0 Å². The first-order chi connectivity index (χ1) is 12.6. The molecule has 4 aromatic rings. The molecule has 0 unspecified atom stereocenters. The highest BCUT2D eigenvalue weighted by molar-refractivity contribution is 6.07. The number of benzene rings is 3. The van der Waals surface area contributed by atoms with E-state index < -0.39 is 0 Å². The van der Waals surface area contributed by atoms with Gasteiger partial charge in [0.2, 0.25) is 0 Å². The molecule has 0 N–H and O–H groups in total. The maximum atomic E-state index is 4.45. The van der Waals surface area contributed by atoms with Crippen molar-refractivity contribution in [2.24, 2.45) is 7.05 Å². The highest BCUT2D eigenvalue weighted by Crippen LogP contribution is 2.34. The summed E-state index contributed by atoms with van der Waals surface area (Å²) < 4.78 is 2.26. The average Bonchev–Trinajstić information content (AvgIpc) is 2.91. The van der Waals surface area contributed by atoms with E-state index in [4.69, 9.17) is 0 Å². The third-order valence-corrected chi connectivity index (χ3v) is 5.44. The Hall–Kier alpha value is -3.26. The maximum Gasteiger partial charge on any atom is 0.0653 e. The van der Waals surface area contributed by atoms with E-state index in [2.05, 4.69) is 103 Å². The first-order valence-corrected chi connectivity index (χ1v) is 8.86. The first-order valence-electron chi connectivity index (χ1n) is 8.86. The summed E-state index contributed by atoms with van der Waals surface area (Å²) in [4.78, 5) is 2.22. The molecule has 0 bridgehead atoms. The number of nitrogens with zero attached hydrogens (tertiary/aromatic N) is 2. The van der Waals surface area contributed by atoms with Crippen molar-refractivity contribution in [1.82, 2.24) is 4.57 Å². The van der Waals surface area contributed by atoms with Gasteiger partial charge in [0.1, 0.15) is 0 Å². The summed E-state index contributed by atoms with van der Waals surface area (Å²) in [6.45, 7) is 4.45. The number of anilines is 1. The molecule has 0 spiro atoms. The van der Waals surface area contributed by atoms with Gasteiger partial charge >= 0.3 is 0 Å². The lowest BCUT2D eigenvalue weighted by Crippen LogP contribution is -2.32. The van der Waals surface area contributed by atoms with E-state index in [1.54, 1.807) is 0 Å². The number of para-hydroxylation sites is 1. The second-order valence-corrected chi connectivity index (χ2v) is 6.97. The average molecular weight is 336 g/mol. The lowest BCUT2D eigenvalue weighted by Gasteiger charge is -2.22. The Balaban J connectivity index is 1.95. The van der Waals surface area contributed by atoms with Crippen LogP contribution < -0.4 is 15.5 Å². The summed E-state index contributed by atoms with van der Waals surface area (Å²) in [6.07, 6.45) is 4.47. The molecule has 26 heavy (non-hydrogen) atoms. The molecule has 0 radical (unpaired) electrons. The fourth-order valence-corrected chi connectivity index (χ4v) is 4.14. The molecule has 0 saturated heterocycles. The SMILES string of the molecule is C=C1/C=c2\c(n(C)c3ccccc23)=C/N(C)c2ccc3ccccc3c21. The van der Waals surface area contributed by atoms with E-state index in [9.17, 15) is 0 Å². The minimum atomic E-state index is 1.05. The van der Waals surface area contributed by atoms with Gasteiger partial charge < -0.3 is 9.47 Å². The highest BCUT2D eigenvalue weighted by atomic mass is 15.1. The Labute approximate surface area is 152 Å². The smallest absolute Gasteiger partial charge is 0.0653 e. The molecule has 1 aliphatic rings. The molecule has 0 amide bonds. The van der Waals surface area contributed by atoms with Gasteiger partial charge in [-0.3, -0.25) is 0 Å². The molecule has 2 nitrogen and oxygen atoms in total. The molecule has 0 fully saturated rings. The van der Waals surface area contributed by atoms with Crippen LogP contribution in [0.1, 0.15) is 5.56 Å². The Morgan fingerprint density at radius 2 is 1.54 bits per heavy atom. The normalized spacial score (nSPS) is 16.2. The van der Waals surface area contributed by atoms with E-state index >= 15 is 0 Å². The van der Waals surface area contributed by atoms with E-state index in [1.165, 1.54) is 43.5 Å². The minimum Gasteiger partial charge on any atom is -0.348 e. The molecule has 0 atom stereocenters. The molecule has 3 aromatic carbocycles. The fraction of sp³-hybridized carbons (Fsp3) is 0.0833. The van der Waals surface area contributed by atoms with Crippen molar-refractivity contribution >= 4 is 45.2 Å². The van der Waals surface area contributed by atoms with Crippen LogP contribution >= 0.6 is 0 Å². The molecule has 0 saturated carbocycles. The zero-order valence-corrected chi connectivity index (χ0v) is 15.0. The molecule has 126 valence electrons. The Morgan fingerprint density at radius 1 is 0.808 bits per heavy atom. The number of aryl methyl sites for hydroxylation is 1. The van der Waals surface area contributed by atoms with Gasteiger partial charge in [-0.05, 0) is 34.6 Å². The van der Waals surface area contributed by atoms with Crippen LogP contribution in [0.15, 0.2) is 67.2 Å². The molecular formula is C24H20N2. The molecule has 2 heteroatoms. The van der Waals surface area contributed by atoms with Crippen LogP contribution in [0.4, 0.5) is 5.69 Å². The van der Waals surface area contributed by atoms with Crippen molar-refractivity contribution in [1.29, 1.82) is 0 Å². The minimum absolute atomic E-state index is 1.05. The van der Waals surface area contributed by atoms with Crippen molar-refractivity contribution < 1.29 is 0 Å². The van der Waals surface area contributed by atoms with Crippen molar-refractivity contribution in [2.75, 3.05) is 11.9 Å². The summed E-state index contributed by atoms with van der Waals surface area (Å²) >= 11 is 0. The second kappa shape index (κ2) is 5.37. The van der Waals surface area contributed by atoms with Gasteiger partial charge in [-0.25, -0.2) is 0 Å². The van der Waals surface area contributed by atoms with Gasteiger partial charge in [-0.2, -0.15) is 0 Å². The van der Waals surface area contributed by atoms with Crippen LogP contribution in [0.5, 0.6) is 0 Å². The predicted molar refractivity (Wildman–Crippen MR) is 112 cm³/mol. The zero-order chi connectivity index (χ0) is 17.8. The number of hydrogen-bond acceptors (Lipinski definition) is 1. The molecule has 1 aromatic heterocycles. The Bertz CT molecular complexity index is 1320. The van der Waals surface area contributed by atoms with Crippen molar-refractivity contribution in [2.45, 2.75) is 0 Å². The van der Waals surface area contributed by atoms with Crippen LogP contribution in [0.3, 0.4) is 0 Å². The molecule has 5 rings (SSSR count). The largest absolute Gasteiger partial charge is 0.348 e. The standard InChI is InChI=1S/C24H20N2/c1-16-14-20-19-10-6-7-11-21(19)26(3)23(20)15-25(2)22-13-12-17-8-4-5-9-18(17)24(16)22/h4-15H,1H2,2-3H3/b20-14-,23-15+. The Kier molecular flexibility index (Phi) is 3.10. The van der Waals surface area contributed by atoms with Gasteiger partial charge in [-0.1, -0.05) is 55.1 Å². The second-order valence-electron chi connectivity index (χ2n) is 6.97. The number of hydrogen-bond donors (Lipinski definition) is 0.